The van der Waals surface area contributed by atoms with Crippen LogP contribution in [0, 0.1) is 5.92 Å². The van der Waals surface area contributed by atoms with E-state index in [9.17, 15) is 18.0 Å². The lowest BCUT2D eigenvalue weighted by Gasteiger charge is -2.16. The highest BCUT2D eigenvalue weighted by Gasteiger charge is 2.31. The number of ether oxygens (including phenoxy) is 2. The molecule has 0 aliphatic heterocycles. The number of methoxy groups -OCH3 is 2. The Morgan fingerprint density at radius 2 is 1.96 bits per heavy atom. The molecule has 0 saturated carbocycles. The van der Waals surface area contributed by atoms with Gasteiger partial charge in [-0.25, -0.2) is 13.2 Å². The van der Waals surface area contributed by atoms with E-state index in [1.54, 1.807) is 13.8 Å². The number of hydrogen-bond acceptors (Lipinski definition) is 7. The minimum atomic E-state index is -4.16. The van der Waals surface area contributed by atoms with Gasteiger partial charge >= 0.3 is 11.9 Å². The zero-order valence-electron chi connectivity index (χ0n) is 13.2. The van der Waals surface area contributed by atoms with Crippen molar-refractivity contribution in [3.8, 4) is 5.75 Å². The quantitative estimate of drug-likeness (QED) is 0.667. The van der Waals surface area contributed by atoms with Gasteiger partial charge in [-0.1, -0.05) is 13.8 Å². The van der Waals surface area contributed by atoms with Gasteiger partial charge in [-0.2, -0.15) is 4.72 Å². The van der Waals surface area contributed by atoms with Crippen molar-refractivity contribution in [2.75, 3.05) is 14.2 Å². The molecular weight excluding hydrogens is 346 g/mol. The highest BCUT2D eigenvalue weighted by atomic mass is 32.2. The molecule has 1 aromatic rings. The Morgan fingerprint density at radius 1 is 1.35 bits per heavy atom. The lowest BCUT2D eigenvalue weighted by atomic mass is 10.1. The van der Waals surface area contributed by atoms with E-state index in [-0.39, 0.29) is 27.2 Å². The van der Waals surface area contributed by atoms with Gasteiger partial charge in [0.05, 0.1) is 14.2 Å². The fourth-order valence-electron chi connectivity index (χ4n) is 1.80. The summed E-state index contributed by atoms with van der Waals surface area (Å²) in [5, 5.41) is 9.16. The number of aliphatic carboxylic acids is 1. The molecule has 1 aromatic heterocycles. The van der Waals surface area contributed by atoms with Crippen molar-refractivity contribution in [3.63, 3.8) is 0 Å². The summed E-state index contributed by atoms with van der Waals surface area (Å²) < 4.78 is 36.2. The molecule has 0 spiro atoms. The number of sulfonamides is 1. The predicted octanol–water partition coefficient (Wildman–Crippen LogP) is 1.32. The van der Waals surface area contributed by atoms with Crippen LogP contribution in [0.3, 0.4) is 0 Å². The lowest BCUT2D eigenvalue weighted by Crippen LogP contribution is -2.41. The number of hydrogen-bond donors (Lipinski definition) is 2. The number of carbonyl (C=O) groups excluding carboxylic acids is 1. The zero-order chi connectivity index (χ0) is 17.8. The lowest BCUT2D eigenvalue weighted by molar-refractivity contribution is -0.139. The number of carboxylic acids is 1. The third-order valence-electron chi connectivity index (χ3n) is 2.82. The normalized spacial score (nSPS) is 12.9. The molecule has 0 aliphatic rings. The highest BCUT2D eigenvalue weighted by Crippen LogP contribution is 2.34. The van der Waals surface area contributed by atoms with E-state index in [0.717, 1.165) is 0 Å². The van der Waals surface area contributed by atoms with Gasteiger partial charge in [-0.15, -0.1) is 11.3 Å². The summed E-state index contributed by atoms with van der Waals surface area (Å²) in [7, 11) is -1.73. The van der Waals surface area contributed by atoms with E-state index >= 15 is 0 Å². The van der Waals surface area contributed by atoms with Gasteiger partial charge in [0.15, 0.2) is 9.96 Å². The van der Waals surface area contributed by atoms with Crippen molar-refractivity contribution in [3.05, 3.63) is 10.9 Å². The van der Waals surface area contributed by atoms with Crippen molar-refractivity contribution in [2.45, 2.75) is 30.5 Å². The molecule has 1 atom stereocenters. The Hall–Kier alpha value is -1.65. The molecular formula is C13H19NO7S2. The largest absolute Gasteiger partial charge is 0.494 e. The standard InChI is InChI=1S/C13H19NO7S2/c1-7(2)5-8(11(15)16)14-23(18,19)13-9(20-3)6-10(22-13)12(17)21-4/h6-8,14H,5H2,1-4H3,(H,15,16)/t8-/m1/s1. The second-order valence-electron chi connectivity index (χ2n) is 5.10. The number of esters is 1. The van der Waals surface area contributed by atoms with Gasteiger partial charge in [0.1, 0.15) is 10.9 Å². The van der Waals surface area contributed by atoms with E-state index in [1.165, 1.54) is 20.3 Å². The summed E-state index contributed by atoms with van der Waals surface area (Å²) in [6, 6.07) is -0.0306. The number of carbonyl (C=O) groups is 2. The maximum absolute atomic E-state index is 12.4. The number of thiophene rings is 1. The Morgan fingerprint density at radius 3 is 2.39 bits per heavy atom. The van der Waals surface area contributed by atoms with Gasteiger partial charge < -0.3 is 14.6 Å². The van der Waals surface area contributed by atoms with Crippen LogP contribution >= 0.6 is 11.3 Å². The van der Waals surface area contributed by atoms with Gasteiger partial charge in [-0.05, 0) is 12.3 Å². The molecule has 0 radical (unpaired) electrons. The zero-order valence-corrected chi connectivity index (χ0v) is 14.8. The van der Waals surface area contributed by atoms with Gasteiger partial charge in [0.2, 0.25) is 0 Å². The maximum Gasteiger partial charge on any atom is 0.348 e. The topological polar surface area (TPSA) is 119 Å². The molecule has 0 aliphatic carbocycles. The van der Waals surface area contributed by atoms with Crippen LogP contribution in [-0.2, 0) is 19.6 Å². The molecule has 2 N–H and O–H groups in total. The van der Waals surface area contributed by atoms with E-state index in [2.05, 4.69) is 9.46 Å². The first-order valence-electron chi connectivity index (χ1n) is 6.63. The molecule has 23 heavy (non-hydrogen) atoms. The van der Waals surface area contributed by atoms with Crippen LogP contribution in [0.1, 0.15) is 29.9 Å². The van der Waals surface area contributed by atoms with Crippen molar-refractivity contribution in [1.82, 2.24) is 4.72 Å². The molecule has 0 saturated heterocycles. The van der Waals surface area contributed by atoms with Crippen molar-refractivity contribution >= 4 is 33.3 Å². The second-order valence-corrected chi connectivity index (χ2v) is 8.06. The predicted molar refractivity (Wildman–Crippen MR) is 83.4 cm³/mol. The minimum Gasteiger partial charge on any atom is -0.494 e. The molecule has 10 heteroatoms. The summed E-state index contributed by atoms with van der Waals surface area (Å²) in [5.41, 5.74) is 0. The first kappa shape index (κ1) is 19.4. The fourth-order valence-corrected chi connectivity index (χ4v) is 4.51. The Kier molecular flexibility index (Phi) is 6.54. The Labute approximate surface area is 138 Å². The fraction of sp³-hybridized carbons (Fsp3) is 0.538. The number of nitrogens with one attached hydrogen (secondary N) is 1. The molecule has 8 nitrogen and oxygen atoms in total. The van der Waals surface area contributed by atoms with Crippen LogP contribution in [0.4, 0.5) is 0 Å². The van der Waals surface area contributed by atoms with Crippen molar-refractivity contribution in [2.24, 2.45) is 5.92 Å². The number of carboxylic acid groups (broad SMARTS) is 1. The summed E-state index contributed by atoms with van der Waals surface area (Å²) in [6.07, 6.45) is 0.131. The summed E-state index contributed by atoms with van der Waals surface area (Å²) in [6.45, 7) is 3.57. The summed E-state index contributed by atoms with van der Waals surface area (Å²) in [5.74, 6) is -2.04. The van der Waals surface area contributed by atoms with Gasteiger partial charge in [0, 0.05) is 6.07 Å². The van der Waals surface area contributed by atoms with Crippen LogP contribution in [0.15, 0.2) is 10.3 Å². The van der Waals surface area contributed by atoms with E-state index in [1.807, 2.05) is 0 Å². The SMILES string of the molecule is COC(=O)c1cc(OC)c(S(=O)(=O)N[C@H](CC(C)C)C(=O)O)s1. The molecule has 0 unspecified atom stereocenters. The average Bonchev–Trinajstić information content (AvgIpc) is 2.90. The average molecular weight is 365 g/mol. The number of rotatable bonds is 8. The van der Waals surface area contributed by atoms with Gasteiger partial charge in [0.25, 0.3) is 10.0 Å². The maximum atomic E-state index is 12.4. The molecule has 130 valence electrons. The first-order valence-corrected chi connectivity index (χ1v) is 8.93. The summed E-state index contributed by atoms with van der Waals surface area (Å²) in [4.78, 5) is 22.8. The van der Waals surface area contributed by atoms with Crippen molar-refractivity contribution < 1.29 is 32.6 Å². The monoisotopic (exact) mass is 365 g/mol. The van der Waals surface area contributed by atoms with E-state index < -0.39 is 28.0 Å². The highest BCUT2D eigenvalue weighted by molar-refractivity contribution is 7.91. The van der Waals surface area contributed by atoms with Crippen LogP contribution in [-0.4, -0.2) is 45.7 Å². The van der Waals surface area contributed by atoms with E-state index in [0.29, 0.717) is 11.3 Å². The van der Waals surface area contributed by atoms with Crippen molar-refractivity contribution in [1.29, 1.82) is 0 Å². The van der Waals surface area contributed by atoms with Crippen LogP contribution in [0.25, 0.3) is 0 Å². The third kappa shape index (κ3) is 4.91. The molecule has 1 heterocycles. The second kappa shape index (κ2) is 7.75. The molecule has 0 amide bonds. The molecule has 1 rings (SSSR count). The van der Waals surface area contributed by atoms with Crippen LogP contribution in [0.5, 0.6) is 5.75 Å². The molecule has 0 bridgehead atoms. The Balaban J connectivity index is 3.19. The summed E-state index contributed by atoms with van der Waals surface area (Å²) >= 11 is 0.653. The first-order chi connectivity index (χ1) is 10.6. The van der Waals surface area contributed by atoms with Crippen LogP contribution in [0.2, 0.25) is 0 Å². The third-order valence-corrected chi connectivity index (χ3v) is 5.90. The molecule has 0 fully saturated rings. The molecule has 0 aromatic carbocycles. The van der Waals surface area contributed by atoms with Crippen LogP contribution < -0.4 is 9.46 Å². The minimum absolute atomic E-state index is 0.0188. The smallest absolute Gasteiger partial charge is 0.348 e. The van der Waals surface area contributed by atoms with E-state index in [4.69, 9.17) is 9.84 Å². The van der Waals surface area contributed by atoms with Gasteiger partial charge in [-0.3, -0.25) is 4.79 Å². The Bertz CT molecular complexity index is 678.